The molecule has 1 heterocycles. The van der Waals surface area contributed by atoms with Crippen LogP contribution in [0.25, 0.3) is 0 Å². The zero-order valence-electron chi connectivity index (χ0n) is 10.8. The molecule has 17 heavy (non-hydrogen) atoms. The molecule has 0 spiro atoms. The van der Waals surface area contributed by atoms with Crippen molar-refractivity contribution < 1.29 is 4.74 Å². The van der Waals surface area contributed by atoms with Crippen LogP contribution in [0.3, 0.4) is 0 Å². The summed E-state index contributed by atoms with van der Waals surface area (Å²) in [6.07, 6.45) is 5.77. The van der Waals surface area contributed by atoms with E-state index in [9.17, 15) is 0 Å². The first-order valence-corrected chi connectivity index (χ1v) is 7.02. The van der Waals surface area contributed by atoms with Crippen LogP contribution in [-0.2, 0) is 12.3 Å². The van der Waals surface area contributed by atoms with Crippen LogP contribution in [0.2, 0.25) is 0 Å². The molecule has 0 N–H and O–H groups in total. The molecule has 3 heteroatoms. The topological polar surface area (TPSA) is 22.1 Å². The van der Waals surface area contributed by atoms with Crippen molar-refractivity contribution in [2.45, 2.75) is 51.8 Å². The molecule has 0 radical (unpaired) electrons. The van der Waals surface area contributed by atoms with Gasteiger partial charge < -0.3 is 4.74 Å². The number of hydrogen-bond acceptors (Lipinski definition) is 2. The van der Waals surface area contributed by atoms with Crippen molar-refractivity contribution in [1.29, 1.82) is 0 Å². The van der Waals surface area contributed by atoms with E-state index < -0.39 is 0 Å². The summed E-state index contributed by atoms with van der Waals surface area (Å²) >= 11 is 5.85. The fourth-order valence-electron chi connectivity index (χ4n) is 1.66. The molecule has 0 atom stereocenters. The van der Waals surface area contributed by atoms with Crippen LogP contribution in [0.4, 0.5) is 0 Å². The Morgan fingerprint density at radius 2 is 2.00 bits per heavy atom. The second-order valence-corrected chi connectivity index (χ2v) is 4.47. The fourth-order valence-corrected chi connectivity index (χ4v) is 1.81. The number of alkyl halides is 1. The van der Waals surface area contributed by atoms with Gasteiger partial charge in [0.25, 0.3) is 0 Å². The lowest BCUT2D eigenvalue weighted by Crippen LogP contribution is -2.01. The Balaban J connectivity index is 2.46. The molecule has 0 saturated carbocycles. The summed E-state index contributed by atoms with van der Waals surface area (Å²) < 4.78 is 5.67. The van der Waals surface area contributed by atoms with E-state index in [0.29, 0.717) is 5.88 Å². The minimum absolute atomic E-state index is 0.516. The van der Waals surface area contributed by atoms with E-state index in [2.05, 4.69) is 18.8 Å². The summed E-state index contributed by atoms with van der Waals surface area (Å²) in [5.74, 6) is 1.23. The summed E-state index contributed by atoms with van der Waals surface area (Å²) in [4.78, 5) is 4.44. The van der Waals surface area contributed by atoms with Crippen LogP contribution >= 0.6 is 11.6 Å². The molecular formula is C14H22ClNO. The molecule has 0 amide bonds. The maximum absolute atomic E-state index is 5.85. The molecule has 0 saturated heterocycles. The van der Waals surface area contributed by atoms with Crippen molar-refractivity contribution in [2.75, 3.05) is 6.61 Å². The van der Waals surface area contributed by atoms with Crippen molar-refractivity contribution in [1.82, 2.24) is 4.98 Å². The maximum atomic E-state index is 5.85. The van der Waals surface area contributed by atoms with Gasteiger partial charge in [0.2, 0.25) is 5.88 Å². The van der Waals surface area contributed by atoms with Gasteiger partial charge in [0, 0.05) is 17.6 Å². The van der Waals surface area contributed by atoms with Crippen LogP contribution in [0.15, 0.2) is 12.1 Å². The van der Waals surface area contributed by atoms with E-state index >= 15 is 0 Å². The third-order valence-electron chi connectivity index (χ3n) is 2.68. The van der Waals surface area contributed by atoms with E-state index in [4.69, 9.17) is 16.3 Å². The van der Waals surface area contributed by atoms with Crippen molar-refractivity contribution >= 4 is 11.6 Å². The average molecular weight is 256 g/mol. The number of pyridine rings is 1. The maximum Gasteiger partial charge on any atom is 0.213 e. The minimum Gasteiger partial charge on any atom is -0.478 e. The number of halogens is 1. The standard InChI is InChI=1S/C14H22ClNO/c1-3-5-6-7-8-17-14-10-12(11-15)9-13(4-2)16-14/h9-10H,3-8,11H2,1-2H3. The van der Waals surface area contributed by atoms with E-state index in [1.807, 2.05) is 12.1 Å². The number of aromatic nitrogens is 1. The lowest BCUT2D eigenvalue weighted by atomic mass is 10.2. The first kappa shape index (κ1) is 14.3. The van der Waals surface area contributed by atoms with Crippen molar-refractivity contribution in [3.05, 3.63) is 23.4 Å². The lowest BCUT2D eigenvalue weighted by Gasteiger charge is -2.08. The van der Waals surface area contributed by atoms with E-state index in [1.165, 1.54) is 19.3 Å². The Morgan fingerprint density at radius 1 is 1.18 bits per heavy atom. The van der Waals surface area contributed by atoms with Crippen LogP contribution < -0.4 is 4.74 Å². The quantitative estimate of drug-likeness (QED) is 0.509. The monoisotopic (exact) mass is 255 g/mol. The molecule has 0 fully saturated rings. The van der Waals surface area contributed by atoms with Crippen LogP contribution in [0, 0.1) is 0 Å². The summed E-state index contributed by atoms with van der Waals surface area (Å²) in [5, 5.41) is 0. The van der Waals surface area contributed by atoms with Gasteiger partial charge in [-0.25, -0.2) is 4.98 Å². The van der Waals surface area contributed by atoms with Crippen LogP contribution in [0.1, 0.15) is 50.8 Å². The number of aryl methyl sites for hydroxylation is 1. The van der Waals surface area contributed by atoms with Gasteiger partial charge in [-0.1, -0.05) is 33.1 Å². The van der Waals surface area contributed by atoms with E-state index in [-0.39, 0.29) is 0 Å². The van der Waals surface area contributed by atoms with Crippen molar-refractivity contribution in [3.8, 4) is 5.88 Å². The van der Waals surface area contributed by atoms with Gasteiger partial charge in [0.1, 0.15) is 0 Å². The Morgan fingerprint density at radius 3 is 2.65 bits per heavy atom. The van der Waals surface area contributed by atoms with Gasteiger partial charge in [-0.3, -0.25) is 0 Å². The zero-order chi connectivity index (χ0) is 12.5. The average Bonchev–Trinajstić information content (AvgIpc) is 2.38. The van der Waals surface area contributed by atoms with E-state index in [0.717, 1.165) is 36.6 Å². The molecular weight excluding hydrogens is 234 g/mol. The summed E-state index contributed by atoms with van der Waals surface area (Å²) in [6, 6.07) is 3.98. The molecule has 1 aromatic rings. The van der Waals surface area contributed by atoms with Gasteiger partial charge in [0.05, 0.1) is 6.61 Å². The second-order valence-electron chi connectivity index (χ2n) is 4.20. The van der Waals surface area contributed by atoms with Crippen LogP contribution in [-0.4, -0.2) is 11.6 Å². The Hall–Kier alpha value is -0.760. The minimum atomic E-state index is 0.516. The molecule has 2 nitrogen and oxygen atoms in total. The van der Waals surface area contributed by atoms with Gasteiger partial charge in [0.15, 0.2) is 0 Å². The Bertz CT molecular complexity index is 306. The molecule has 1 aromatic heterocycles. The van der Waals surface area contributed by atoms with Crippen molar-refractivity contribution in [2.24, 2.45) is 0 Å². The number of hydrogen-bond donors (Lipinski definition) is 0. The second kappa shape index (κ2) is 8.35. The van der Waals surface area contributed by atoms with Gasteiger partial charge >= 0.3 is 0 Å². The number of unbranched alkanes of at least 4 members (excludes halogenated alkanes) is 3. The predicted molar refractivity (Wildman–Crippen MR) is 72.8 cm³/mol. The smallest absolute Gasteiger partial charge is 0.213 e. The zero-order valence-corrected chi connectivity index (χ0v) is 11.6. The third-order valence-corrected chi connectivity index (χ3v) is 2.99. The van der Waals surface area contributed by atoms with Crippen LogP contribution in [0.5, 0.6) is 5.88 Å². The molecule has 0 aromatic carbocycles. The fraction of sp³-hybridized carbons (Fsp3) is 0.643. The number of ether oxygens (including phenoxy) is 1. The Kier molecular flexibility index (Phi) is 7.02. The largest absolute Gasteiger partial charge is 0.478 e. The molecule has 0 aliphatic rings. The predicted octanol–water partition coefficient (Wildman–Crippen LogP) is 4.34. The summed E-state index contributed by atoms with van der Waals surface area (Å²) in [7, 11) is 0. The summed E-state index contributed by atoms with van der Waals surface area (Å²) in [5.41, 5.74) is 2.13. The first-order chi connectivity index (χ1) is 8.30. The first-order valence-electron chi connectivity index (χ1n) is 6.48. The van der Waals surface area contributed by atoms with Crippen molar-refractivity contribution in [3.63, 3.8) is 0 Å². The van der Waals surface area contributed by atoms with Gasteiger partial charge in [-0.15, -0.1) is 11.6 Å². The SMILES string of the molecule is CCCCCCOc1cc(CCl)cc(CC)n1. The highest BCUT2D eigenvalue weighted by atomic mass is 35.5. The highest BCUT2D eigenvalue weighted by Crippen LogP contribution is 2.15. The summed E-state index contributed by atoms with van der Waals surface area (Å²) in [6.45, 7) is 5.05. The Labute approximate surface area is 109 Å². The molecule has 96 valence electrons. The molecule has 0 aliphatic heterocycles. The highest BCUT2D eigenvalue weighted by Gasteiger charge is 2.02. The van der Waals surface area contributed by atoms with E-state index in [1.54, 1.807) is 0 Å². The number of nitrogens with zero attached hydrogens (tertiary/aromatic N) is 1. The molecule has 0 bridgehead atoms. The van der Waals surface area contributed by atoms with Gasteiger partial charge in [-0.05, 0) is 24.5 Å². The third kappa shape index (κ3) is 5.40. The molecule has 0 aliphatic carbocycles. The lowest BCUT2D eigenvalue weighted by molar-refractivity contribution is 0.293. The number of rotatable bonds is 8. The highest BCUT2D eigenvalue weighted by molar-refractivity contribution is 6.17. The van der Waals surface area contributed by atoms with Gasteiger partial charge in [-0.2, -0.15) is 0 Å². The molecule has 1 rings (SSSR count). The normalized spacial score (nSPS) is 10.5. The molecule has 0 unspecified atom stereocenters.